The van der Waals surface area contributed by atoms with Crippen LogP contribution < -0.4 is 10.5 Å². The van der Waals surface area contributed by atoms with Crippen LogP contribution in [0.2, 0.25) is 0 Å². The van der Waals surface area contributed by atoms with Crippen molar-refractivity contribution in [3.05, 3.63) is 28.8 Å². The SMILES string of the molecule is CCCN(CCC)C1Cc2cc(OCC)c(C(N)=O)cc2C1. The van der Waals surface area contributed by atoms with Gasteiger partial charge in [0.05, 0.1) is 12.2 Å². The van der Waals surface area contributed by atoms with E-state index in [2.05, 4.69) is 18.7 Å². The van der Waals surface area contributed by atoms with Crippen LogP contribution in [0.3, 0.4) is 0 Å². The normalized spacial score (nSPS) is 16.8. The van der Waals surface area contributed by atoms with Gasteiger partial charge in [-0.15, -0.1) is 0 Å². The number of carbonyl (C=O) groups excluding carboxylic acids is 1. The number of ether oxygens (including phenoxy) is 1. The number of benzene rings is 1. The van der Waals surface area contributed by atoms with Crippen molar-refractivity contribution in [3.8, 4) is 5.75 Å². The molecule has 0 saturated heterocycles. The fourth-order valence-electron chi connectivity index (χ4n) is 3.40. The Morgan fingerprint density at radius 2 is 1.77 bits per heavy atom. The summed E-state index contributed by atoms with van der Waals surface area (Å²) in [4.78, 5) is 14.2. The third-order valence-corrected chi connectivity index (χ3v) is 4.32. The molecule has 0 spiro atoms. The minimum absolute atomic E-state index is 0.409. The highest BCUT2D eigenvalue weighted by molar-refractivity contribution is 5.96. The zero-order chi connectivity index (χ0) is 16.1. The van der Waals surface area contributed by atoms with Crippen molar-refractivity contribution in [2.75, 3.05) is 19.7 Å². The summed E-state index contributed by atoms with van der Waals surface area (Å²) in [6.45, 7) is 9.18. The molecule has 0 bridgehead atoms. The molecule has 0 aromatic heterocycles. The molecule has 1 aromatic rings. The molecule has 1 unspecified atom stereocenters. The molecule has 4 nitrogen and oxygen atoms in total. The highest BCUT2D eigenvalue weighted by Crippen LogP contribution is 2.32. The maximum atomic E-state index is 11.6. The Morgan fingerprint density at radius 3 is 2.27 bits per heavy atom. The zero-order valence-electron chi connectivity index (χ0n) is 14.0. The number of primary amides is 1. The number of fused-ring (bicyclic) bond motifs is 1. The van der Waals surface area contributed by atoms with Crippen LogP contribution >= 0.6 is 0 Å². The molecule has 0 radical (unpaired) electrons. The van der Waals surface area contributed by atoms with Gasteiger partial charge < -0.3 is 10.5 Å². The quantitative estimate of drug-likeness (QED) is 0.803. The molecule has 2 rings (SSSR count). The van der Waals surface area contributed by atoms with Gasteiger partial charge in [0.1, 0.15) is 5.75 Å². The Kier molecular flexibility index (Phi) is 5.83. The number of nitrogens with two attached hydrogens (primary N) is 1. The maximum absolute atomic E-state index is 11.6. The lowest BCUT2D eigenvalue weighted by molar-refractivity contribution is 0.0996. The lowest BCUT2D eigenvalue weighted by Crippen LogP contribution is -2.37. The van der Waals surface area contributed by atoms with Gasteiger partial charge in [-0.1, -0.05) is 13.8 Å². The zero-order valence-corrected chi connectivity index (χ0v) is 14.0. The van der Waals surface area contributed by atoms with E-state index in [1.54, 1.807) is 0 Å². The molecule has 0 aliphatic heterocycles. The van der Waals surface area contributed by atoms with Crippen LogP contribution in [0.4, 0.5) is 0 Å². The van der Waals surface area contributed by atoms with Crippen molar-refractivity contribution in [2.45, 2.75) is 52.5 Å². The number of amides is 1. The molecule has 1 aromatic carbocycles. The minimum Gasteiger partial charge on any atom is -0.493 e. The van der Waals surface area contributed by atoms with E-state index in [9.17, 15) is 4.79 Å². The Labute approximate surface area is 133 Å². The van der Waals surface area contributed by atoms with Crippen LogP contribution in [0.15, 0.2) is 12.1 Å². The summed E-state index contributed by atoms with van der Waals surface area (Å²) in [7, 11) is 0. The van der Waals surface area contributed by atoms with E-state index in [-0.39, 0.29) is 0 Å². The van der Waals surface area contributed by atoms with E-state index in [4.69, 9.17) is 10.5 Å². The second-order valence-electron chi connectivity index (χ2n) is 6.01. The predicted octanol–water partition coefficient (Wildman–Crippen LogP) is 2.77. The molecule has 122 valence electrons. The lowest BCUT2D eigenvalue weighted by atomic mass is 10.0. The second kappa shape index (κ2) is 7.63. The third-order valence-electron chi connectivity index (χ3n) is 4.32. The number of hydrogen-bond donors (Lipinski definition) is 1. The monoisotopic (exact) mass is 304 g/mol. The first-order valence-electron chi connectivity index (χ1n) is 8.43. The topological polar surface area (TPSA) is 55.6 Å². The van der Waals surface area contributed by atoms with Crippen molar-refractivity contribution >= 4 is 5.91 Å². The first-order chi connectivity index (χ1) is 10.6. The van der Waals surface area contributed by atoms with Crippen LogP contribution in [0.25, 0.3) is 0 Å². The fourth-order valence-corrected chi connectivity index (χ4v) is 3.40. The smallest absolute Gasteiger partial charge is 0.252 e. The highest BCUT2D eigenvalue weighted by atomic mass is 16.5. The van der Waals surface area contributed by atoms with Gasteiger partial charge in [-0.3, -0.25) is 9.69 Å². The van der Waals surface area contributed by atoms with Crippen molar-refractivity contribution in [3.63, 3.8) is 0 Å². The Hall–Kier alpha value is -1.55. The van der Waals surface area contributed by atoms with Gasteiger partial charge in [-0.25, -0.2) is 0 Å². The number of hydrogen-bond acceptors (Lipinski definition) is 3. The summed E-state index contributed by atoms with van der Waals surface area (Å²) in [5.41, 5.74) is 8.56. The van der Waals surface area contributed by atoms with Gasteiger partial charge in [0.15, 0.2) is 0 Å². The Morgan fingerprint density at radius 1 is 1.18 bits per heavy atom. The Balaban J connectivity index is 2.24. The molecule has 22 heavy (non-hydrogen) atoms. The van der Waals surface area contributed by atoms with E-state index in [0.29, 0.717) is 24.0 Å². The molecule has 1 aliphatic carbocycles. The molecule has 2 N–H and O–H groups in total. The summed E-state index contributed by atoms with van der Waals surface area (Å²) in [5.74, 6) is 0.223. The predicted molar refractivity (Wildman–Crippen MR) is 89.5 cm³/mol. The van der Waals surface area contributed by atoms with Gasteiger partial charge >= 0.3 is 0 Å². The van der Waals surface area contributed by atoms with Crippen LogP contribution in [0, 0.1) is 0 Å². The van der Waals surface area contributed by atoms with Crippen molar-refractivity contribution < 1.29 is 9.53 Å². The van der Waals surface area contributed by atoms with Crippen LogP contribution in [-0.4, -0.2) is 36.5 Å². The van der Waals surface area contributed by atoms with Gasteiger partial charge in [0.25, 0.3) is 5.91 Å². The molecule has 1 amide bonds. The first kappa shape index (κ1) is 16.8. The van der Waals surface area contributed by atoms with Crippen LogP contribution in [-0.2, 0) is 12.8 Å². The lowest BCUT2D eigenvalue weighted by Gasteiger charge is -2.27. The molecule has 0 heterocycles. The molecule has 0 fully saturated rings. The standard InChI is InChI=1S/C18H28N2O2/c1-4-7-20(8-5-2)15-9-13-11-16(18(19)21)17(22-6-3)12-14(13)10-15/h11-12,15H,4-10H2,1-3H3,(H2,19,21). The van der Waals surface area contributed by atoms with Gasteiger partial charge in [0.2, 0.25) is 0 Å². The van der Waals surface area contributed by atoms with E-state index >= 15 is 0 Å². The average molecular weight is 304 g/mol. The average Bonchev–Trinajstić information content (AvgIpc) is 2.89. The van der Waals surface area contributed by atoms with E-state index in [1.807, 2.05) is 19.1 Å². The Bertz CT molecular complexity index is 522. The summed E-state index contributed by atoms with van der Waals surface area (Å²) in [6, 6.07) is 4.50. The number of rotatable bonds is 8. The van der Waals surface area contributed by atoms with E-state index in [0.717, 1.165) is 25.9 Å². The van der Waals surface area contributed by atoms with Crippen molar-refractivity contribution in [1.82, 2.24) is 4.90 Å². The van der Waals surface area contributed by atoms with Crippen molar-refractivity contribution in [1.29, 1.82) is 0 Å². The third kappa shape index (κ3) is 3.61. The molecule has 4 heteroatoms. The second-order valence-corrected chi connectivity index (χ2v) is 6.01. The number of carbonyl (C=O) groups is 1. The van der Waals surface area contributed by atoms with Crippen molar-refractivity contribution in [2.24, 2.45) is 5.73 Å². The number of nitrogens with zero attached hydrogens (tertiary/aromatic N) is 1. The van der Waals surface area contributed by atoms with Gasteiger partial charge in [-0.05, 0) is 69.0 Å². The molecule has 0 saturated carbocycles. The minimum atomic E-state index is -0.409. The van der Waals surface area contributed by atoms with Crippen LogP contribution in [0.5, 0.6) is 5.75 Å². The van der Waals surface area contributed by atoms with Gasteiger partial charge in [0, 0.05) is 6.04 Å². The molecular formula is C18H28N2O2. The molecule has 1 aliphatic rings. The van der Waals surface area contributed by atoms with E-state index in [1.165, 1.54) is 24.0 Å². The molecule has 1 atom stereocenters. The largest absolute Gasteiger partial charge is 0.493 e. The van der Waals surface area contributed by atoms with Crippen LogP contribution in [0.1, 0.15) is 55.1 Å². The van der Waals surface area contributed by atoms with E-state index < -0.39 is 5.91 Å². The summed E-state index contributed by atoms with van der Waals surface area (Å²) in [5, 5.41) is 0. The highest BCUT2D eigenvalue weighted by Gasteiger charge is 2.28. The summed E-state index contributed by atoms with van der Waals surface area (Å²) >= 11 is 0. The fraction of sp³-hybridized carbons (Fsp3) is 0.611. The summed E-state index contributed by atoms with van der Waals surface area (Å²) < 4.78 is 5.60. The molecular weight excluding hydrogens is 276 g/mol. The first-order valence-corrected chi connectivity index (χ1v) is 8.43. The van der Waals surface area contributed by atoms with Gasteiger partial charge in [-0.2, -0.15) is 0 Å². The maximum Gasteiger partial charge on any atom is 0.252 e. The summed E-state index contributed by atoms with van der Waals surface area (Å²) in [6.07, 6.45) is 4.38.